The van der Waals surface area contributed by atoms with Crippen molar-refractivity contribution in [1.29, 1.82) is 0 Å². The maximum Gasteiger partial charge on any atom is 0.312 e. The molecule has 2 saturated heterocycles. The molecule has 5 nitrogen and oxygen atoms in total. The van der Waals surface area contributed by atoms with Crippen molar-refractivity contribution in [2.45, 2.75) is 37.9 Å². The van der Waals surface area contributed by atoms with Gasteiger partial charge in [-0.2, -0.15) is 0 Å². The number of esters is 1. The van der Waals surface area contributed by atoms with Gasteiger partial charge >= 0.3 is 11.9 Å². The molecule has 0 aromatic rings. The van der Waals surface area contributed by atoms with Crippen LogP contribution in [-0.2, 0) is 19.1 Å². The fraction of sp³-hybridized carbons (Fsp3) is 0.818. The SMILES string of the molecule is COC(=O)[C@H]1[C@@H](C(=O)O)[C@]2(C)CC[C@@]1(C)O2. The molecule has 0 spiro atoms. The van der Waals surface area contributed by atoms with Gasteiger partial charge in [0.1, 0.15) is 11.8 Å². The fourth-order valence-electron chi connectivity index (χ4n) is 3.19. The average Bonchev–Trinajstić information content (AvgIpc) is 2.62. The standard InChI is InChI=1S/C11H16O5/c1-10-4-5-11(2,16-10)7(9(14)15-3)6(10)8(12)13/h6-7H,4-5H2,1-3H3,(H,12,13)/t6-,7+,10-,11+/m0/s1. The Morgan fingerprint density at radius 2 is 1.75 bits per heavy atom. The minimum Gasteiger partial charge on any atom is -0.481 e. The van der Waals surface area contributed by atoms with E-state index in [1.54, 1.807) is 13.8 Å². The first-order valence-electron chi connectivity index (χ1n) is 5.35. The molecule has 0 amide bonds. The number of aliphatic carboxylic acids is 1. The second kappa shape index (κ2) is 3.20. The number of carboxylic acid groups (broad SMARTS) is 1. The summed E-state index contributed by atoms with van der Waals surface area (Å²) in [6.45, 7) is 3.56. The molecule has 2 fully saturated rings. The molecule has 0 radical (unpaired) electrons. The van der Waals surface area contributed by atoms with Crippen molar-refractivity contribution in [3.8, 4) is 0 Å². The molecule has 0 aliphatic carbocycles. The minimum absolute atomic E-state index is 0.488. The van der Waals surface area contributed by atoms with Crippen LogP contribution in [0.3, 0.4) is 0 Å². The van der Waals surface area contributed by atoms with Gasteiger partial charge in [-0.15, -0.1) is 0 Å². The van der Waals surface area contributed by atoms with E-state index in [0.29, 0.717) is 12.8 Å². The predicted octanol–water partition coefficient (Wildman–Crippen LogP) is 0.818. The quantitative estimate of drug-likeness (QED) is 0.708. The van der Waals surface area contributed by atoms with Crippen molar-refractivity contribution in [1.82, 2.24) is 0 Å². The molecule has 0 aromatic heterocycles. The summed E-state index contributed by atoms with van der Waals surface area (Å²) in [7, 11) is 1.28. The van der Waals surface area contributed by atoms with Crippen LogP contribution in [0.5, 0.6) is 0 Å². The Balaban J connectivity index is 2.42. The Kier molecular flexibility index (Phi) is 2.28. The summed E-state index contributed by atoms with van der Waals surface area (Å²) < 4.78 is 10.5. The van der Waals surface area contributed by atoms with Crippen molar-refractivity contribution in [2.75, 3.05) is 7.11 Å². The molecule has 0 aromatic carbocycles. The number of hydrogen-bond acceptors (Lipinski definition) is 4. The van der Waals surface area contributed by atoms with E-state index in [9.17, 15) is 14.7 Å². The highest BCUT2D eigenvalue weighted by Crippen LogP contribution is 2.57. The van der Waals surface area contributed by atoms with Crippen LogP contribution in [0.1, 0.15) is 26.7 Å². The third kappa shape index (κ3) is 1.27. The van der Waals surface area contributed by atoms with Gasteiger partial charge in [-0.25, -0.2) is 0 Å². The first kappa shape index (κ1) is 11.4. The summed E-state index contributed by atoms with van der Waals surface area (Å²) in [6, 6.07) is 0. The molecule has 2 bridgehead atoms. The Labute approximate surface area is 93.7 Å². The third-order valence-corrected chi connectivity index (χ3v) is 3.95. The lowest BCUT2D eigenvalue weighted by molar-refractivity contribution is -0.159. The van der Waals surface area contributed by atoms with E-state index < -0.39 is 35.0 Å². The Morgan fingerprint density at radius 3 is 2.19 bits per heavy atom. The highest BCUT2D eigenvalue weighted by molar-refractivity contribution is 5.84. The summed E-state index contributed by atoms with van der Waals surface area (Å²) in [5.74, 6) is -2.98. The lowest BCUT2D eigenvalue weighted by Crippen LogP contribution is -2.47. The predicted molar refractivity (Wildman–Crippen MR) is 53.8 cm³/mol. The summed E-state index contributed by atoms with van der Waals surface area (Å²) in [5.41, 5.74) is -1.43. The van der Waals surface area contributed by atoms with Gasteiger partial charge < -0.3 is 14.6 Å². The van der Waals surface area contributed by atoms with Crippen molar-refractivity contribution in [3.63, 3.8) is 0 Å². The second-order valence-corrected chi connectivity index (χ2v) is 5.04. The van der Waals surface area contributed by atoms with Gasteiger partial charge in [0.2, 0.25) is 0 Å². The van der Waals surface area contributed by atoms with E-state index >= 15 is 0 Å². The smallest absolute Gasteiger partial charge is 0.312 e. The van der Waals surface area contributed by atoms with Crippen molar-refractivity contribution in [2.24, 2.45) is 11.8 Å². The van der Waals surface area contributed by atoms with Gasteiger partial charge in [-0.1, -0.05) is 0 Å². The maximum atomic E-state index is 11.7. The van der Waals surface area contributed by atoms with E-state index in [4.69, 9.17) is 9.47 Å². The molecule has 2 heterocycles. The minimum atomic E-state index is -0.985. The van der Waals surface area contributed by atoms with Crippen molar-refractivity contribution < 1.29 is 24.2 Å². The van der Waals surface area contributed by atoms with Crippen LogP contribution in [0.15, 0.2) is 0 Å². The number of rotatable bonds is 2. The van der Waals surface area contributed by atoms with Crippen LogP contribution in [0.25, 0.3) is 0 Å². The molecule has 4 atom stereocenters. The largest absolute Gasteiger partial charge is 0.481 e. The molecule has 1 N–H and O–H groups in total. The number of fused-ring (bicyclic) bond motifs is 2. The number of methoxy groups -OCH3 is 1. The van der Waals surface area contributed by atoms with Crippen LogP contribution in [0, 0.1) is 11.8 Å². The molecular formula is C11H16O5. The zero-order valence-electron chi connectivity index (χ0n) is 9.65. The number of carbonyl (C=O) groups excluding carboxylic acids is 1. The Morgan fingerprint density at radius 1 is 1.25 bits per heavy atom. The number of ether oxygens (including phenoxy) is 2. The fourth-order valence-corrected chi connectivity index (χ4v) is 3.19. The molecule has 0 unspecified atom stereocenters. The lowest BCUT2D eigenvalue weighted by atomic mass is 9.67. The van der Waals surface area contributed by atoms with Gasteiger partial charge in [0.25, 0.3) is 0 Å². The molecular weight excluding hydrogens is 212 g/mol. The van der Waals surface area contributed by atoms with Gasteiger partial charge in [0, 0.05) is 0 Å². The number of carbonyl (C=O) groups is 2. The number of carboxylic acids is 1. The van der Waals surface area contributed by atoms with E-state index in [0.717, 1.165) is 0 Å². The van der Waals surface area contributed by atoms with Gasteiger partial charge in [-0.05, 0) is 26.7 Å². The van der Waals surface area contributed by atoms with Gasteiger partial charge in [0.15, 0.2) is 0 Å². The van der Waals surface area contributed by atoms with E-state index in [2.05, 4.69) is 0 Å². The molecule has 0 saturated carbocycles. The Bertz CT molecular complexity index is 352. The van der Waals surface area contributed by atoms with Crippen LogP contribution in [0.2, 0.25) is 0 Å². The van der Waals surface area contributed by atoms with E-state index in [-0.39, 0.29) is 0 Å². The van der Waals surface area contributed by atoms with Gasteiger partial charge in [-0.3, -0.25) is 9.59 Å². The zero-order chi connectivity index (χ0) is 12.1. The first-order valence-corrected chi connectivity index (χ1v) is 5.35. The monoisotopic (exact) mass is 228 g/mol. The molecule has 2 aliphatic heterocycles. The van der Waals surface area contributed by atoms with Crippen LogP contribution >= 0.6 is 0 Å². The lowest BCUT2D eigenvalue weighted by Gasteiger charge is -2.31. The highest BCUT2D eigenvalue weighted by Gasteiger charge is 2.68. The molecule has 2 rings (SSSR count). The van der Waals surface area contributed by atoms with E-state index in [1.165, 1.54) is 7.11 Å². The van der Waals surface area contributed by atoms with E-state index in [1.807, 2.05) is 0 Å². The summed E-state index contributed by atoms with van der Waals surface area (Å²) in [6.07, 6.45) is 1.38. The third-order valence-electron chi connectivity index (χ3n) is 3.95. The molecule has 16 heavy (non-hydrogen) atoms. The molecule has 90 valence electrons. The second-order valence-electron chi connectivity index (χ2n) is 5.04. The highest BCUT2D eigenvalue weighted by atomic mass is 16.6. The normalized spacial score (nSPS) is 45.7. The average molecular weight is 228 g/mol. The van der Waals surface area contributed by atoms with Crippen LogP contribution in [0.4, 0.5) is 0 Å². The summed E-state index contributed by atoms with van der Waals surface area (Å²) >= 11 is 0. The molecule has 2 aliphatic rings. The van der Waals surface area contributed by atoms with Crippen LogP contribution < -0.4 is 0 Å². The summed E-state index contributed by atoms with van der Waals surface area (Å²) in [5, 5.41) is 9.24. The summed E-state index contributed by atoms with van der Waals surface area (Å²) in [4.78, 5) is 23.0. The van der Waals surface area contributed by atoms with Crippen molar-refractivity contribution >= 4 is 11.9 Å². The maximum absolute atomic E-state index is 11.7. The zero-order valence-corrected chi connectivity index (χ0v) is 9.65. The molecule has 5 heteroatoms. The Hall–Kier alpha value is -1.10. The van der Waals surface area contributed by atoms with Crippen LogP contribution in [-0.4, -0.2) is 35.4 Å². The first-order chi connectivity index (χ1) is 7.34. The van der Waals surface area contributed by atoms with Gasteiger partial charge in [0.05, 0.1) is 18.3 Å². The topological polar surface area (TPSA) is 72.8 Å². The van der Waals surface area contributed by atoms with Crippen molar-refractivity contribution in [3.05, 3.63) is 0 Å². The number of hydrogen-bond donors (Lipinski definition) is 1.